The molecule has 0 fully saturated rings. The second kappa shape index (κ2) is 13.7. The van der Waals surface area contributed by atoms with Crippen LogP contribution in [0.2, 0.25) is 0 Å². The molecular formula is C17H21O2-. The Bertz CT molecular complexity index is 397. The Balaban J connectivity index is 0. The molecule has 2 nitrogen and oxygen atoms in total. The highest BCUT2D eigenvalue weighted by Crippen LogP contribution is 1.97. The molecule has 0 bridgehead atoms. The van der Waals surface area contributed by atoms with Crippen molar-refractivity contribution < 1.29 is 9.90 Å². The predicted octanol–water partition coefficient (Wildman–Crippen LogP) is 3.39. The van der Waals surface area contributed by atoms with E-state index in [9.17, 15) is 9.90 Å². The van der Waals surface area contributed by atoms with Crippen molar-refractivity contribution in [2.75, 3.05) is 0 Å². The van der Waals surface area contributed by atoms with Gasteiger partial charge in [0.1, 0.15) is 0 Å². The lowest BCUT2D eigenvalue weighted by atomic mass is 10.2. The third kappa shape index (κ3) is 13.6. The fourth-order valence-corrected chi connectivity index (χ4v) is 0.733. The second-order valence-corrected chi connectivity index (χ2v) is 3.33. The Labute approximate surface area is 116 Å². The number of hydrogen-bond acceptors (Lipinski definition) is 2. The van der Waals surface area contributed by atoms with E-state index in [2.05, 4.69) is 26.3 Å². The lowest BCUT2D eigenvalue weighted by Crippen LogP contribution is -2.23. The Kier molecular flexibility index (Phi) is 13.7. The van der Waals surface area contributed by atoms with Crippen molar-refractivity contribution in [3.05, 3.63) is 79.9 Å². The molecule has 0 aromatic heterocycles. The van der Waals surface area contributed by atoms with Gasteiger partial charge in [0.25, 0.3) is 0 Å². The van der Waals surface area contributed by atoms with Gasteiger partial charge in [-0.15, -0.1) is 0 Å². The van der Waals surface area contributed by atoms with Crippen LogP contribution >= 0.6 is 0 Å². The zero-order valence-electron chi connectivity index (χ0n) is 11.5. The first-order valence-electron chi connectivity index (χ1n) is 5.83. The standard InChI is InChI=1S/C8H8.C5H8O2.C4H6/c1-2-8-6-4-3-5-7-8;1-3-4(2)5(6)7;1-3-4-2/h2-7H,1H2;2-3H2,1H3,(H,6,7);3-4H,1-2H2/p-1. The first-order valence-corrected chi connectivity index (χ1v) is 5.83. The highest BCUT2D eigenvalue weighted by molar-refractivity contribution is 5.83. The van der Waals surface area contributed by atoms with E-state index in [4.69, 9.17) is 0 Å². The molecule has 0 heterocycles. The monoisotopic (exact) mass is 257 g/mol. The second-order valence-electron chi connectivity index (χ2n) is 3.33. The van der Waals surface area contributed by atoms with E-state index >= 15 is 0 Å². The first-order chi connectivity index (χ1) is 9.03. The average Bonchev–Trinajstić information content (AvgIpc) is 2.48. The maximum atomic E-state index is 9.72. The van der Waals surface area contributed by atoms with Gasteiger partial charge in [0, 0.05) is 0 Å². The predicted molar refractivity (Wildman–Crippen MR) is 81.4 cm³/mol. The molecule has 0 atom stereocenters. The van der Waals surface area contributed by atoms with Gasteiger partial charge in [-0.05, 0) is 17.6 Å². The minimum atomic E-state index is -1.15. The van der Waals surface area contributed by atoms with Gasteiger partial charge in [-0.2, -0.15) is 0 Å². The van der Waals surface area contributed by atoms with Crippen LogP contribution < -0.4 is 5.11 Å². The third-order valence-corrected chi connectivity index (χ3v) is 1.92. The van der Waals surface area contributed by atoms with Gasteiger partial charge in [0.2, 0.25) is 0 Å². The van der Waals surface area contributed by atoms with E-state index in [1.807, 2.05) is 36.4 Å². The van der Waals surface area contributed by atoms with Crippen molar-refractivity contribution in [2.24, 2.45) is 0 Å². The van der Waals surface area contributed by atoms with Crippen LogP contribution in [0.1, 0.15) is 18.9 Å². The average molecular weight is 257 g/mol. The Morgan fingerprint density at radius 1 is 1.16 bits per heavy atom. The van der Waals surface area contributed by atoms with E-state index in [0.29, 0.717) is 6.42 Å². The summed E-state index contributed by atoms with van der Waals surface area (Å²) in [6.07, 6.45) is 5.57. The van der Waals surface area contributed by atoms with E-state index in [-0.39, 0.29) is 5.57 Å². The van der Waals surface area contributed by atoms with Gasteiger partial charge in [0.05, 0.1) is 5.97 Å². The van der Waals surface area contributed by atoms with Crippen LogP contribution in [-0.2, 0) is 4.79 Å². The van der Waals surface area contributed by atoms with Gasteiger partial charge >= 0.3 is 0 Å². The molecule has 2 heteroatoms. The molecule has 0 spiro atoms. The molecule has 0 radical (unpaired) electrons. The van der Waals surface area contributed by atoms with Crippen molar-refractivity contribution in [1.82, 2.24) is 0 Å². The number of hydrogen-bond donors (Lipinski definition) is 0. The molecule has 0 aliphatic carbocycles. The molecule has 1 aromatic rings. The lowest BCUT2D eigenvalue weighted by Gasteiger charge is -1.98. The molecule has 0 amide bonds. The normalized spacial score (nSPS) is 7.63. The van der Waals surface area contributed by atoms with Crippen molar-refractivity contribution in [3.63, 3.8) is 0 Å². The Morgan fingerprint density at radius 2 is 1.63 bits per heavy atom. The summed E-state index contributed by atoms with van der Waals surface area (Å²) in [5.41, 5.74) is 1.33. The summed E-state index contributed by atoms with van der Waals surface area (Å²) in [5, 5.41) is 9.72. The summed E-state index contributed by atoms with van der Waals surface area (Å²) in [6.45, 7) is 15.3. The number of carbonyl (C=O) groups excluding carboxylic acids is 1. The summed E-state index contributed by atoms with van der Waals surface area (Å²) in [5.74, 6) is -1.15. The van der Waals surface area contributed by atoms with Crippen LogP contribution in [-0.4, -0.2) is 5.97 Å². The van der Waals surface area contributed by atoms with Crippen LogP contribution in [0.4, 0.5) is 0 Å². The maximum Gasteiger partial charge on any atom is 0.0668 e. The summed E-state index contributed by atoms with van der Waals surface area (Å²) in [6, 6.07) is 10.0. The number of aliphatic carboxylic acids is 1. The molecule has 0 unspecified atom stereocenters. The summed E-state index contributed by atoms with van der Waals surface area (Å²) in [4.78, 5) is 9.72. The molecule has 19 heavy (non-hydrogen) atoms. The maximum absolute atomic E-state index is 9.72. The van der Waals surface area contributed by atoms with Crippen molar-refractivity contribution in [3.8, 4) is 0 Å². The number of carbonyl (C=O) groups is 1. The fourth-order valence-electron chi connectivity index (χ4n) is 0.733. The van der Waals surface area contributed by atoms with E-state index in [1.165, 1.54) is 5.56 Å². The molecule has 0 saturated heterocycles. The Morgan fingerprint density at radius 3 is 1.79 bits per heavy atom. The lowest BCUT2D eigenvalue weighted by molar-refractivity contribution is -0.299. The summed E-state index contributed by atoms with van der Waals surface area (Å²) in [7, 11) is 0. The van der Waals surface area contributed by atoms with E-state index in [0.717, 1.165) is 0 Å². The number of carboxylic acids is 1. The van der Waals surface area contributed by atoms with Crippen molar-refractivity contribution in [2.45, 2.75) is 13.3 Å². The quantitative estimate of drug-likeness (QED) is 0.612. The van der Waals surface area contributed by atoms with Gasteiger partial charge in [-0.3, -0.25) is 0 Å². The van der Waals surface area contributed by atoms with Crippen molar-refractivity contribution in [1.29, 1.82) is 0 Å². The van der Waals surface area contributed by atoms with Gasteiger partial charge in [-0.25, -0.2) is 0 Å². The largest absolute Gasteiger partial charge is 0.545 e. The molecular weight excluding hydrogens is 236 g/mol. The topological polar surface area (TPSA) is 40.1 Å². The smallest absolute Gasteiger partial charge is 0.0668 e. The summed E-state index contributed by atoms with van der Waals surface area (Å²) >= 11 is 0. The highest BCUT2D eigenvalue weighted by Gasteiger charge is 1.84. The van der Waals surface area contributed by atoms with Gasteiger partial charge < -0.3 is 9.90 Å². The molecule has 102 valence electrons. The molecule has 1 rings (SSSR count). The highest BCUT2D eigenvalue weighted by atomic mass is 16.4. The number of allylic oxidation sites excluding steroid dienone is 2. The number of carboxylic acid groups (broad SMARTS) is 1. The zero-order chi connectivity index (χ0) is 15.1. The first kappa shape index (κ1) is 19.0. The zero-order valence-corrected chi connectivity index (χ0v) is 11.5. The van der Waals surface area contributed by atoms with Crippen LogP contribution in [0.3, 0.4) is 0 Å². The number of rotatable bonds is 4. The molecule has 0 aliphatic rings. The molecule has 0 saturated carbocycles. The van der Waals surface area contributed by atoms with E-state index < -0.39 is 5.97 Å². The summed E-state index contributed by atoms with van der Waals surface area (Å²) < 4.78 is 0. The van der Waals surface area contributed by atoms with Crippen molar-refractivity contribution >= 4 is 12.0 Å². The minimum Gasteiger partial charge on any atom is -0.545 e. The Hall–Kier alpha value is -2.35. The minimum absolute atomic E-state index is 0.153. The molecule has 1 aromatic carbocycles. The van der Waals surface area contributed by atoms with Crippen LogP contribution in [0.5, 0.6) is 0 Å². The van der Waals surface area contributed by atoms with Crippen LogP contribution in [0, 0.1) is 0 Å². The van der Waals surface area contributed by atoms with Gasteiger partial charge in [0.15, 0.2) is 0 Å². The fraction of sp³-hybridized carbons (Fsp3) is 0.118. The third-order valence-electron chi connectivity index (χ3n) is 1.92. The number of benzene rings is 1. The van der Waals surface area contributed by atoms with Crippen LogP contribution in [0.15, 0.2) is 74.4 Å². The molecule has 0 aliphatic heterocycles. The van der Waals surface area contributed by atoms with Gasteiger partial charge in [-0.1, -0.05) is 81.8 Å². The SMILES string of the molecule is C=C(CC)C(=O)[O-].C=CC=C.C=Cc1ccccc1. The van der Waals surface area contributed by atoms with Crippen LogP contribution in [0.25, 0.3) is 6.08 Å². The van der Waals surface area contributed by atoms with E-state index in [1.54, 1.807) is 19.1 Å². The molecule has 0 N–H and O–H groups in total.